The predicted octanol–water partition coefficient (Wildman–Crippen LogP) is 2.26. The first-order chi connectivity index (χ1) is 9.03. The van der Waals surface area contributed by atoms with Crippen LogP contribution < -0.4 is 4.74 Å². The molecule has 0 fully saturated rings. The van der Waals surface area contributed by atoms with Crippen LogP contribution >= 0.6 is 0 Å². The van der Waals surface area contributed by atoms with Crippen LogP contribution in [0, 0.1) is 0 Å². The molecule has 0 amide bonds. The van der Waals surface area contributed by atoms with E-state index in [4.69, 9.17) is 4.74 Å². The van der Waals surface area contributed by atoms with Crippen molar-refractivity contribution >= 4 is 0 Å². The molecular formula is C16H25NO2. The Morgan fingerprint density at radius 1 is 1.37 bits per heavy atom. The van der Waals surface area contributed by atoms with Gasteiger partial charge in [-0.3, -0.25) is 4.90 Å². The van der Waals surface area contributed by atoms with Gasteiger partial charge in [-0.15, -0.1) is 0 Å². The van der Waals surface area contributed by atoms with Crippen LogP contribution in [-0.4, -0.2) is 42.4 Å². The fourth-order valence-electron chi connectivity index (χ4n) is 2.29. The van der Waals surface area contributed by atoms with E-state index in [9.17, 15) is 5.11 Å². The Hall–Kier alpha value is -1.06. The Bertz CT molecular complexity index is 429. The molecule has 0 aliphatic carbocycles. The zero-order valence-corrected chi connectivity index (χ0v) is 12.3. The molecule has 0 spiro atoms. The number of benzene rings is 1. The highest BCUT2D eigenvalue weighted by molar-refractivity contribution is 5.38. The third-order valence-corrected chi connectivity index (χ3v) is 4.13. The van der Waals surface area contributed by atoms with Crippen molar-refractivity contribution in [2.45, 2.75) is 38.6 Å². The monoisotopic (exact) mass is 263 g/mol. The molecule has 0 bridgehead atoms. The van der Waals surface area contributed by atoms with Crippen LogP contribution in [-0.2, 0) is 12.8 Å². The normalized spacial score (nSPS) is 15.2. The number of nitrogens with zero attached hydrogens (tertiary/aromatic N) is 1. The molecule has 1 N–H and O–H groups in total. The van der Waals surface area contributed by atoms with Crippen LogP contribution in [0.1, 0.15) is 31.4 Å². The van der Waals surface area contributed by atoms with Crippen molar-refractivity contribution in [3.8, 4) is 5.75 Å². The highest BCUT2D eigenvalue weighted by Gasteiger charge is 2.21. The highest BCUT2D eigenvalue weighted by atomic mass is 16.5. The van der Waals surface area contributed by atoms with E-state index in [1.54, 1.807) is 0 Å². The SMILES string of the molecule is CN(CCc1ccc2c(c1)CCCO2)C(C)(C)CO. The molecule has 0 atom stereocenters. The Balaban J connectivity index is 1.96. The zero-order valence-electron chi connectivity index (χ0n) is 12.3. The maximum absolute atomic E-state index is 9.36. The number of rotatable bonds is 5. The van der Waals surface area contributed by atoms with Gasteiger partial charge >= 0.3 is 0 Å². The van der Waals surface area contributed by atoms with E-state index in [1.165, 1.54) is 11.1 Å². The molecule has 1 aromatic carbocycles. The zero-order chi connectivity index (χ0) is 13.9. The summed E-state index contributed by atoms with van der Waals surface area (Å²) in [6.45, 7) is 6.11. The molecule has 106 valence electrons. The third kappa shape index (κ3) is 3.48. The first-order valence-corrected chi connectivity index (χ1v) is 7.09. The summed E-state index contributed by atoms with van der Waals surface area (Å²) >= 11 is 0. The number of aryl methyl sites for hydroxylation is 1. The Morgan fingerprint density at radius 2 is 2.16 bits per heavy atom. The second kappa shape index (κ2) is 5.93. The number of likely N-dealkylation sites (N-methyl/N-ethyl adjacent to an activating group) is 1. The van der Waals surface area contributed by atoms with Crippen molar-refractivity contribution in [3.05, 3.63) is 29.3 Å². The lowest BCUT2D eigenvalue weighted by Gasteiger charge is -2.34. The topological polar surface area (TPSA) is 32.7 Å². The largest absolute Gasteiger partial charge is 0.493 e. The van der Waals surface area contributed by atoms with Crippen molar-refractivity contribution < 1.29 is 9.84 Å². The summed E-state index contributed by atoms with van der Waals surface area (Å²) in [5.41, 5.74) is 2.54. The summed E-state index contributed by atoms with van der Waals surface area (Å²) in [5, 5.41) is 9.36. The van der Waals surface area contributed by atoms with Crippen molar-refractivity contribution in [2.24, 2.45) is 0 Å². The Kier molecular flexibility index (Phi) is 4.48. The van der Waals surface area contributed by atoms with E-state index >= 15 is 0 Å². The molecule has 2 rings (SSSR count). The van der Waals surface area contributed by atoms with Crippen LogP contribution in [0.15, 0.2) is 18.2 Å². The molecule has 0 saturated carbocycles. The van der Waals surface area contributed by atoms with Crippen LogP contribution in [0.25, 0.3) is 0 Å². The molecule has 1 heterocycles. The number of ether oxygens (including phenoxy) is 1. The molecule has 1 aliphatic heterocycles. The molecular weight excluding hydrogens is 238 g/mol. The Labute approximate surface area is 116 Å². The lowest BCUT2D eigenvalue weighted by atomic mass is 10.0. The summed E-state index contributed by atoms with van der Waals surface area (Å²) in [6.07, 6.45) is 3.25. The first kappa shape index (κ1) is 14.4. The van der Waals surface area contributed by atoms with Crippen LogP contribution in [0.4, 0.5) is 0 Å². The van der Waals surface area contributed by atoms with Gasteiger partial charge in [0.25, 0.3) is 0 Å². The van der Waals surface area contributed by atoms with E-state index < -0.39 is 0 Å². The number of aliphatic hydroxyl groups excluding tert-OH is 1. The minimum atomic E-state index is -0.155. The van der Waals surface area contributed by atoms with Gasteiger partial charge in [0.1, 0.15) is 5.75 Å². The second-order valence-electron chi connectivity index (χ2n) is 6.04. The molecule has 0 radical (unpaired) electrons. The average molecular weight is 263 g/mol. The van der Waals surface area contributed by atoms with Crippen molar-refractivity contribution in [1.82, 2.24) is 4.90 Å². The summed E-state index contributed by atoms with van der Waals surface area (Å²) in [6, 6.07) is 6.53. The number of fused-ring (bicyclic) bond motifs is 1. The standard InChI is InChI=1S/C16H25NO2/c1-16(2,12-18)17(3)9-8-13-6-7-15-14(11-13)5-4-10-19-15/h6-7,11,18H,4-5,8-10,12H2,1-3H3. The van der Waals surface area contributed by atoms with Gasteiger partial charge < -0.3 is 9.84 Å². The quantitative estimate of drug-likeness (QED) is 0.884. The van der Waals surface area contributed by atoms with Gasteiger partial charge in [-0.1, -0.05) is 12.1 Å². The van der Waals surface area contributed by atoms with Crippen LogP contribution in [0.3, 0.4) is 0 Å². The van der Waals surface area contributed by atoms with E-state index in [0.29, 0.717) is 0 Å². The minimum absolute atomic E-state index is 0.155. The summed E-state index contributed by atoms with van der Waals surface area (Å²) < 4.78 is 5.63. The van der Waals surface area contributed by atoms with Crippen molar-refractivity contribution in [1.29, 1.82) is 0 Å². The first-order valence-electron chi connectivity index (χ1n) is 7.09. The van der Waals surface area contributed by atoms with E-state index in [-0.39, 0.29) is 12.1 Å². The van der Waals surface area contributed by atoms with Gasteiger partial charge in [0.15, 0.2) is 0 Å². The fourth-order valence-corrected chi connectivity index (χ4v) is 2.29. The average Bonchev–Trinajstić information content (AvgIpc) is 2.44. The summed E-state index contributed by atoms with van der Waals surface area (Å²) in [4.78, 5) is 2.21. The van der Waals surface area contributed by atoms with Gasteiger partial charge in [-0.05, 0) is 57.4 Å². The van der Waals surface area contributed by atoms with Gasteiger partial charge in [0, 0.05) is 12.1 Å². The van der Waals surface area contributed by atoms with Crippen molar-refractivity contribution in [3.63, 3.8) is 0 Å². The second-order valence-corrected chi connectivity index (χ2v) is 6.04. The van der Waals surface area contributed by atoms with Crippen molar-refractivity contribution in [2.75, 3.05) is 26.8 Å². The smallest absolute Gasteiger partial charge is 0.122 e. The van der Waals surface area contributed by atoms with Gasteiger partial charge in [0.2, 0.25) is 0 Å². The molecule has 1 aliphatic rings. The molecule has 3 heteroatoms. The fraction of sp³-hybridized carbons (Fsp3) is 0.625. The maximum Gasteiger partial charge on any atom is 0.122 e. The van der Waals surface area contributed by atoms with Crippen LogP contribution in [0.5, 0.6) is 5.75 Å². The van der Waals surface area contributed by atoms with Crippen LogP contribution in [0.2, 0.25) is 0 Å². The molecule has 1 aromatic rings. The molecule has 0 aromatic heterocycles. The van der Waals surface area contributed by atoms with E-state index in [0.717, 1.165) is 38.2 Å². The summed E-state index contributed by atoms with van der Waals surface area (Å²) in [7, 11) is 2.07. The molecule has 0 unspecified atom stereocenters. The lowest BCUT2D eigenvalue weighted by molar-refractivity contribution is 0.0800. The van der Waals surface area contributed by atoms with Gasteiger partial charge in [0.05, 0.1) is 13.2 Å². The third-order valence-electron chi connectivity index (χ3n) is 4.13. The highest BCUT2D eigenvalue weighted by Crippen LogP contribution is 2.26. The molecule has 19 heavy (non-hydrogen) atoms. The summed E-state index contributed by atoms with van der Waals surface area (Å²) in [5.74, 6) is 1.05. The van der Waals surface area contributed by atoms with E-state index in [1.807, 2.05) is 0 Å². The number of hydrogen-bond acceptors (Lipinski definition) is 3. The molecule has 3 nitrogen and oxygen atoms in total. The van der Waals surface area contributed by atoms with Gasteiger partial charge in [-0.2, -0.15) is 0 Å². The minimum Gasteiger partial charge on any atom is -0.493 e. The molecule has 0 saturated heterocycles. The van der Waals surface area contributed by atoms with E-state index in [2.05, 4.69) is 44.0 Å². The number of aliphatic hydroxyl groups is 1. The van der Waals surface area contributed by atoms with Gasteiger partial charge in [-0.25, -0.2) is 0 Å². The number of hydrogen-bond donors (Lipinski definition) is 1. The Morgan fingerprint density at radius 3 is 2.89 bits per heavy atom. The lowest BCUT2D eigenvalue weighted by Crippen LogP contribution is -2.45. The predicted molar refractivity (Wildman–Crippen MR) is 77.8 cm³/mol. The maximum atomic E-state index is 9.36.